The molecule has 4 rings (SSSR count). The summed E-state index contributed by atoms with van der Waals surface area (Å²) in [6.45, 7) is 3.77. The predicted octanol–water partition coefficient (Wildman–Crippen LogP) is 5.51. The first-order chi connectivity index (χ1) is 14.2. The van der Waals surface area contributed by atoms with E-state index in [1.807, 2.05) is 30.3 Å². The zero-order valence-electron chi connectivity index (χ0n) is 16.2. The van der Waals surface area contributed by atoms with Crippen molar-refractivity contribution >= 4 is 27.7 Å². The largest absolute Gasteiger partial charge is 0.300 e. The Kier molecular flexibility index (Phi) is 7.00. The van der Waals surface area contributed by atoms with Gasteiger partial charge in [0.25, 0.3) is 0 Å². The lowest BCUT2D eigenvalue weighted by atomic mass is 10.1. The van der Waals surface area contributed by atoms with Crippen LogP contribution in [0.5, 0.6) is 0 Å². The molecule has 1 aliphatic heterocycles. The van der Waals surface area contributed by atoms with E-state index >= 15 is 0 Å². The molecule has 1 fully saturated rings. The molecule has 152 valence electrons. The first-order valence-corrected chi connectivity index (χ1v) is 11.7. The maximum atomic E-state index is 14.2. The number of thioether (sulfide) groups is 1. The van der Waals surface area contributed by atoms with Crippen molar-refractivity contribution in [2.24, 2.45) is 0 Å². The molecule has 1 saturated heterocycles. The highest BCUT2D eigenvalue weighted by atomic mass is 79.9. The molecule has 0 aliphatic carbocycles. The van der Waals surface area contributed by atoms with Gasteiger partial charge in [-0.2, -0.15) is 0 Å². The van der Waals surface area contributed by atoms with Gasteiger partial charge in [0.15, 0.2) is 5.16 Å². The highest BCUT2D eigenvalue weighted by molar-refractivity contribution is 9.10. The number of benzene rings is 2. The molecule has 1 aliphatic rings. The smallest absolute Gasteiger partial charge is 0.191 e. The van der Waals surface area contributed by atoms with Gasteiger partial charge >= 0.3 is 0 Å². The third kappa shape index (κ3) is 5.47. The summed E-state index contributed by atoms with van der Waals surface area (Å²) in [6.07, 6.45) is 3.81. The number of nitrogens with zero attached hydrogens (tertiary/aromatic N) is 4. The Balaban J connectivity index is 1.54. The summed E-state index contributed by atoms with van der Waals surface area (Å²) in [6, 6.07) is 15.6. The molecular formula is C22H24BrFN4S. The second kappa shape index (κ2) is 9.87. The van der Waals surface area contributed by atoms with Crippen LogP contribution in [0.1, 0.15) is 36.2 Å². The molecule has 0 saturated carbocycles. The number of rotatable bonds is 7. The lowest BCUT2D eigenvalue weighted by molar-refractivity contribution is 0.213. The molecule has 2 heterocycles. The van der Waals surface area contributed by atoms with E-state index in [0.29, 0.717) is 11.3 Å². The molecule has 29 heavy (non-hydrogen) atoms. The van der Waals surface area contributed by atoms with Crippen molar-refractivity contribution in [2.75, 3.05) is 13.1 Å². The molecule has 1 aromatic heterocycles. The van der Waals surface area contributed by atoms with Crippen LogP contribution in [0.25, 0.3) is 0 Å². The molecule has 0 unspecified atom stereocenters. The van der Waals surface area contributed by atoms with E-state index in [0.717, 1.165) is 41.6 Å². The number of halogens is 2. The summed E-state index contributed by atoms with van der Waals surface area (Å²) in [5, 5.41) is 9.80. The van der Waals surface area contributed by atoms with Crippen LogP contribution >= 0.6 is 27.7 Å². The molecule has 3 aromatic rings. The summed E-state index contributed by atoms with van der Waals surface area (Å²) >= 11 is 4.85. The third-order valence-corrected chi connectivity index (χ3v) is 6.67. The molecule has 0 radical (unpaired) electrons. The SMILES string of the molecule is Fc1cc(Br)ccc1CSc1nnc(CN2CCCCC2)n1Cc1ccccc1. The monoisotopic (exact) mass is 474 g/mol. The van der Waals surface area contributed by atoms with Gasteiger partial charge in [-0.1, -0.05) is 70.5 Å². The van der Waals surface area contributed by atoms with E-state index in [4.69, 9.17) is 0 Å². The lowest BCUT2D eigenvalue weighted by Gasteiger charge is -2.26. The minimum Gasteiger partial charge on any atom is -0.300 e. The topological polar surface area (TPSA) is 34.0 Å². The Morgan fingerprint density at radius 1 is 0.966 bits per heavy atom. The fourth-order valence-corrected chi connectivity index (χ4v) is 4.84. The fraction of sp³-hybridized carbons (Fsp3) is 0.364. The van der Waals surface area contributed by atoms with Crippen LogP contribution in [-0.2, 0) is 18.8 Å². The second-order valence-electron chi connectivity index (χ2n) is 7.33. The highest BCUT2D eigenvalue weighted by Crippen LogP contribution is 2.26. The number of hydrogen-bond donors (Lipinski definition) is 0. The van der Waals surface area contributed by atoms with Gasteiger partial charge in [-0.05, 0) is 49.2 Å². The molecular weight excluding hydrogens is 451 g/mol. The van der Waals surface area contributed by atoms with Crippen molar-refractivity contribution in [3.8, 4) is 0 Å². The predicted molar refractivity (Wildman–Crippen MR) is 118 cm³/mol. The summed E-state index contributed by atoms with van der Waals surface area (Å²) in [5.41, 5.74) is 1.88. The highest BCUT2D eigenvalue weighted by Gasteiger charge is 2.18. The van der Waals surface area contributed by atoms with Crippen LogP contribution in [0, 0.1) is 5.82 Å². The molecule has 0 atom stereocenters. The summed E-state index contributed by atoms with van der Waals surface area (Å²) in [4.78, 5) is 2.46. The first-order valence-electron chi connectivity index (χ1n) is 9.94. The van der Waals surface area contributed by atoms with Gasteiger partial charge in [0.2, 0.25) is 0 Å². The van der Waals surface area contributed by atoms with Crippen molar-refractivity contribution in [3.05, 3.63) is 75.8 Å². The number of piperidine rings is 1. The van der Waals surface area contributed by atoms with E-state index in [9.17, 15) is 4.39 Å². The first kappa shape index (κ1) is 20.6. The van der Waals surface area contributed by atoms with Gasteiger partial charge in [-0.25, -0.2) is 4.39 Å². The zero-order valence-corrected chi connectivity index (χ0v) is 18.6. The van der Waals surface area contributed by atoms with Crippen LogP contribution in [0.15, 0.2) is 58.2 Å². The third-order valence-electron chi connectivity index (χ3n) is 5.16. The van der Waals surface area contributed by atoms with Gasteiger partial charge in [-0.15, -0.1) is 10.2 Å². The van der Waals surface area contributed by atoms with Gasteiger partial charge in [0.05, 0.1) is 13.1 Å². The lowest BCUT2D eigenvalue weighted by Crippen LogP contribution is -2.30. The maximum absolute atomic E-state index is 14.2. The van der Waals surface area contributed by atoms with Gasteiger partial charge < -0.3 is 4.57 Å². The fourth-order valence-electron chi connectivity index (χ4n) is 3.57. The minimum atomic E-state index is -0.200. The van der Waals surface area contributed by atoms with E-state index < -0.39 is 0 Å². The van der Waals surface area contributed by atoms with E-state index in [-0.39, 0.29) is 5.82 Å². The van der Waals surface area contributed by atoms with Crippen LogP contribution < -0.4 is 0 Å². The van der Waals surface area contributed by atoms with Crippen LogP contribution in [0.2, 0.25) is 0 Å². The van der Waals surface area contributed by atoms with Gasteiger partial charge in [-0.3, -0.25) is 4.90 Å². The van der Waals surface area contributed by atoms with Crippen molar-refractivity contribution in [2.45, 2.75) is 43.3 Å². The summed E-state index contributed by atoms with van der Waals surface area (Å²) in [5.74, 6) is 1.31. The van der Waals surface area contributed by atoms with Crippen molar-refractivity contribution in [1.82, 2.24) is 19.7 Å². The second-order valence-corrected chi connectivity index (χ2v) is 9.19. The molecule has 4 nitrogen and oxygen atoms in total. The Hall–Kier alpha value is -1.70. The van der Waals surface area contributed by atoms with Crippen molar-refractivity contribution < 1.29 is 4.39 Å². The van der Waals surface area contributed by atoms with E-state index in [1.165, 1.54) is 42.7 Å². The van der Waals surface area contributed by atoms with E-state index in [1.54, 1.807) is 0 Å². The Labute approximate surface area is 183 Å². The van der Waals surface area contributed by atoms with Crippen LogP contribution in [0.3, 0.4) is 0 Å². The maximum Gasteiger partial charge on any atom is 0.191 e. The number of aromatic nitrogens is 3. The number of hydrogen-bond acceptors (Lipinski definition) is 4. The molecule has 0 spiro atoms. The van der Waals surface area contributed by atoms with Crippen molar-refractivity contribution in [1.29, 1.82) is 0 Å². The van der Waals surface area contributed by atoms with Gasteiger partial charge in [0, 0.05) is 10.2 Å². The standard InChI is InChI=1S/C22H24BrFN4S/c23-19-10-9-18(20(24)13-19)16-29-22-26-25-21(15-27-11-5-2-6-12-27)28(22)14-17-7-3-1-4-8-17/h1,3-4,7-10,13H,2,5-6,11-12,14-16H2. The quantitative estimate of drug-likeness (QED) is 0.423. The molecule has 0 N–H and O–H groups in total. The molecule has 0 amide bonds. The minimum absolute atomic E-state index is 0.200. The zero-order chi connectivity index (χ0) is 20.1. The summed E-state index contributed by atoms with van der Waals surface area (Å²) in [7, 11) is 0. The number of likely N-dealkylation sites (tertiary alicyclic amines) is 1. The van der Waals surface area contributed by atoms with Crippen LogP contribution in [-0.4, -0.2) is 32.8 Å². The molecule has 2 aromatic carbocycles. The molecule has 7 heteroatoms. The average Bonchev–Trinajstić information content (AvgIpc) is 3.10. The Bertz CT molecular complexity index is 941. The summed E-state index contributed by atoms with van der Waals surface area (Å²) < 4.78 is 17.2. The molecule has 0 bridgehead atoms. The normalized spacial score (nSPS) is 15.0. The Morgan fingerprint density at radius 3 is 2.52 bits per heavy atom. The Morgan fingerprint density at radius 2 is 1.76 bits per heavy atom. The van der Waals surface area contributed by atoms with E-state index in [2.05, 4.69) is 47.7 Å². The average molecular weight is 475 g/mol. The van der Waals surface area contributed by atoms with Gasteiger partial charge in [0.1, 0.15) is 11.6 Å². The van der Waals surface area contributed by atoms with Crippen LogP contribution in [0.4, 0.5) is 4.39 Å². The van der Waals surface area contributed by atoms with Crippen molar-refractivity contribution in [3.63, 3.8) is 0 Å².